The average Bonchev–Trinajstić information content (AvgIpc) is 2.49. The van der Waals surface area contributed by atoms with Gasteiger partial charge in [0.1, 0.15) is 0 Å². The minimum absolute atomic E-state index is 0.116. The van der Waals surface area contributed by atoms with E-state index in [2.05, 4.69) is 10.3 Å². The highest BCUT2D eigenvalue weighted by Gasteiger charge is 2.12. The summed E-state index contributed by atoms with van der Waals surface area (Å²) in [4.78, 5) is 16.5. The Hall–Kier alpha value is -2.41. The predicted molar refractivity (Wildman–Crippen MR) is 84.6 cm³/mol. The number of rotatable bonds is 5. The highest BCUT2D eigenvalue weighted by molar-refractivity contribution is 7.93. The van der Waals surface area contributed by atoms with Crippen molar-refractivity contribution in [3.8, 4) is 5.88 Å². The maximum atomic E-state index is 12.3. The first kappa shape index (κ1) is 16.0. The van der Waals surface area contributed by atoms with Crippen LogP contribution in [0.4, 0.5) is 0 Å². The van der Waals surface area contributed by atoms with Crippen LogP contribution in [0.15, 0.2) is 41.8 Å². The van der Waals surface area contributed by atoms with Crippen molar-refractivity contribution in [2.24, 2.45) is 0 Å². The molecule has 116 valence electrons. The summed E-state index contributed by atoms with van der Waals surface area (Å²) in [5, 5.41) is 4.40. The minimum atomic E-state index is -3.19. The van der Waals surface area contributed by atoms with Gasteiger partial charge < -0.3 is 10.1 Å². The lowest BCUT2D eigenvalue weighted by atomic mass is 10.1. The van der Waals surface area contributed by atoms with Crippen molar-refractivity contribution >= 4 is 26.6 Å². The topological polar surface area (TPSA) is 85.4 Å². The number of methoxy groups -OCH3 is 1. The fourth-order valence-electron chi connectivity index (χ4n) is 1.91. The van der Waals surface area contributed by atoms with E-state index in [1.54, 1.807) is 18.2 Å². The van der Waals surface area contributed by atoms with Crippen LogP contribution >= 0.6 is 0 Å². The second kappa shape index (κ2) is 6.57. The zero-order valence-electron chi connectivity index (χ0n) is 12.2. The number of hydrogen-bond acceptors (Lipinski definition) is 5. The Labute approximate surface area is 128 Å². The monoisotopic (exact) mass is 320 g/mol. The molecule has 0 aliphatic heterocycles. The first-order chi connectivity index (χ1) is 10.4. The fourth-order valence-corrected chi connectivity index (χ4v) is 2.36. The Balaban J connectivity index is 2.25. The summed E-state index contributed by atoms with van der Waals surface area (Å²) >= 11 is 0. The lowest BCUT2D eigenvalue weighted by Gasteiger charge is -2.08. The SMILES string of the molecule is COc1cc(C(=O)NC/C=C/S(C)(=O)=O)c2ccccc2n1. The van der Waals surface area contributed by atoms with E-state index >= 15 is 0 Å². The molecule has 0 saturated heterocycles. The maximum absolute atomic E-state index is 12.3. The van der Waals surface area contributed by atoms with Gasteiger partial charge in [-0.1, -0.05) is 24.3 Å². The van der Waals surface area contributed by atoms with Gasteiger partial charge in [-0.15, -0.1) is 0 Å². The van der Waals surface area contributed by atoms with Gasteiger partial charge in [-0.25, -0.2) is 13.4 Å². The van der Waals surface area contributed by atoms with Crippen molar-refractivity contribution < 1.29 is 17.9 Å². The van der Waals surface area contributed by atoms with E-state index in [-0.39, 0.29) is 12.5 Å². The molecule has 2 rings (SSSR count). The Bertz CT molecular complexity index is 829. The standard InChI is InChI=1S/C15H16N2O4S/c1-21-14-10-12(11-6-3-4-7-13(11)17-14)15(18)16-8-5-9-22(2,19)20/h3-7,9-10H,8H2,1-2H3,(H,16,18)/b9-5+. The Morgan fingerprint density at radius 3 is 2.77 bits per heavy atom. The summed E-state index contributed by atoms with van der Waals surface area (Å²) in [6.45, 7) is 0.116. The molecular weight excluding hydrogens is 304 g/mol. The van der Waals surface area contributed by atoms with Crippen LogP contribution in [0.2, 0.25) is 0 Å². The smallest absolute Gasteiger partial charge is 0.252 e. The van der Waals surface area contributed by atoms with Crippen molar-refractivity contribution in [1.29, 1.82) is 0 Å². The molecule has 2 aromatic rings. The molecule has 1 N–H and O–H groups in total. The molecule has 0 bridgehead atoms. The second-order valence-corrected chi connectivity index (χ2v) is 6.57. The number of pyridine rings is 1. The molecule has 0 atom stereocenters. The van der Waals surface area contributed by atoms with Crippen LogP contribution in [0.3, 0.4) is 0 Å². The van der Waals surface area contributed by atoms with E-state index in [1.807, 2.05) is 12.1 Å². The van der Waals surface area contributed by atoms with Gasteiger partial charge in [0.05, 0.1) is 18.2 Å². The number of carbonyl (C=O) groups is 1. The first-order valence-electron chi connectivity index (χ1n) is 6.49. The van der Waals surface area contributed by atoms with Crippen LogP contribution in [-0.4, -0.2) is 39.2 Å². The molecule has 0 aliphatic carbocycles. The summed E-state index contributed by atoms with van der Waals surface area (Å²) < 4.78 is 27.1. The molecule has 6 nitrogen and oxygen atoms in total. The molecular formula is C15H16N2O4S. The van der Waals surface area contributed by atoms with E-state index in [4.69, 9.17) is 4.74 Å². The predicted octanol–water partition coefficient (Wildman–Crippen LogP) is 1.53. The molecule has 1 heterocycles. The Morgan fingerprint density at radius 2 is 2.09 bits per heavy atom. The third-order valence-corrected chi connectivity index (χ3v) is 3.56. The molecule has 1 aromatic carbocycles. The number of fused-ring (bicyclic) bond motifs is 1. The number of benzene rings is 1. The molecule has 1 aromatic heterocycles. The number of sulfone groups is 1. The van der Waals surface area contributed by atoms with E-state index in [0.29, 0.717) is 22.3 Å². The summed E-state index contributed by atoms with van der Waals surface area (Å²) in [5.74, 6) is 0.0191. The fraction of sp³-hybridized carbons (Fsp3) is 0.200. The van der Waals surface area contributed by atoms with Crippen molar-refractivity contribution in [2.45, 2.75) is 0 Å². The number of nitrogens with one attached hydrogen (secondary N) is 1. The van der Waals surface area contributed by atoms with Gasteiger partial charge in [-0.05, 0) is 6.07 Å². The minimum Gasteiger partial charge on any atom is -0.481 e. The molecule has 22 heavy (non-hydrogen) atoms. The van der Waals surface area contributed by atoms with Gasteiger partial charge in [-0.2, -0.15) is 0 Å². The van der Waals surface area contributed by atoms with Crippen molar-refractivity contribution in [2.75, 3.05) is 19.9 Å². The van der Waals surface area contributed by atoms with Gasteiger partial charge in [-0.3, -0.25) is 4.79 Å². The van der Waals surface area contributed by atoms with E-state index in [9.17, 15) is 13.2 Å². The molecule has 0 fully saturated rings. The number of para-hydroxylation sites is 1. The maximum Gasteiger partial charge on any atom is 0.252 e. The third kappa shape index (κ3) is 4.05. The van der Waals surface area contributed by atoms with Crippen LogP contribution in [0, 0.1) is 0 Å². The van der Waals surface area contributed by atoms with E-state index in [0.717, 1.165) is 11.7 Å². The van der Waals surface area contributed by atoms with Crippen LogP contribution in [0.5, 0.6) is 5.88 Å². The summed E-state index contributed by atoms with van der Waals surface area (Å²) in [5.41, 5.74) is 1.08. The normalized spacial score (nSPS) is 11.7. The first-order valence-corrected chi connectivity index (χ1v) is 8.45. The van der Waals surface area contributed by atoms with Gasteiger partial charge in [0, 0.05) is 29.7 Å². The Kier molecular flexibility index (Phi) is 4.77. The number of ether oxygens (including phenoxy) is 1. The number of nitrogens with zero attached hydrogens (tertiary/aromatic N) is 1. The quantitative estimate of drug-likeness (QED) is 0.903. The van der Waals surface area contributed by atoms with E-state index in [1.165, 1.54) is 13.2 Å². The zero-order chi connectivity index (χ0) is 16.2. The lowest BCUT2D eigenvalue weighted by Crippen LogP contribution is -2.23. The van der Waals surface area contributed by atoms with Crippen molar-refractivity contribution in [1.82, 2.24) is 10.3 Å². The number of hydrogen-bond donors (Lipinski definition) is 1. The number of aromatic nitrogens is 1. The summed E-state index contributed by atoms with van der Waals surface area (Å²) in [6.07, 6.45) is 2.47. The molecule has 0 spiro atoms. The summed E-state index contributed by atoms with van der Waals surface area (Å²) in [6, 6.07) is 8.78. The number of carbonyl (C=O) groups excluding carboxylic acids is 1. The van der Waals surface area contributed by atoms with Crippen molar-refractivity contribution in [3.05, 3.63) is 47.4 Å². The molecule has 0 unspecified atom stereocenters. The van der Waals surface area contributed by atoms with Crippen LogP contribution in [0.25, 0.3) is 10.9 Å². The van der Waals surface area contributed by atoms with Crippen LogP contribution in [-0.2, 0) is 9.84 Å². The third-order valence-electron chi connectivity index (χ3n) is 2.87. The largest absolute Gasteiger partial charge is 0.481 e. The molecule has 7 heteroatoms. The number of amides is 1. The molecule has 0 aliphatic rings. The van der Waals surface area contributed by atoms with Gasteiger partial charge in [0.25, 0.3) is 5.91 Å². The molecule has 0 radical (unpaired) electrons. The van der Waals surface area contributed by atoms with Gasteiger partial charge in [0.2, 0.25) is 5.88 Å². The van der Waals surface area contributed by atoms with Crippen LogP contribution < -0.4 is 10.1 Å². The Morgan fingerprint density at radius 1 is 1.36 bits per heavy atom. The molecule has 1 amide bonds. The highest BCUT2D eigenvalue weighted by atomic mass is 32.2. The zero-order valence-corrected chi connectivity index (χ0v) is 13.1. The van der Waals surface area contributed by atoms with Crippen LogP contribution in [0.1, 0.15) is 10.4 Å². The van der Waals surface area contributed by atoms with Gasteiger partial charge >= 0.3 is 0 Å². The average molecular weight is 320 g/mol. The second-order valence-electron chi connectivity index (χ2n) is 4.64. The highest BCUT2D eigenvalue weighted by Crippen LogP contribution is 2.21. The summed E-state index contributed by atoms with van der Waals surface area (Å²) in [7, 11) is -1.71. The van der Waals surface area contributed by atoms with E-state index < -0.39 is 9.84 Å². The van der Waals surface area contributed by atoms with Gasteiger partial charge in [0.15, 0.2) is 9.84 Å². The molecule has 0 saturated carbocycles. The van der Waals surface area contributed by atoms with Crippen molar-refractivity contribution in [3.63, 3.8) is 0 Å². The lowest BCUT2D eigenvalue weighted by molar-refractivity contribution is 0.0959.